The summed E-state index contributed by atoms with van der Waals surface area (Å²) in [7, 11) is 0. The maximum absolute atomic E-state index is 12.7. The zero-order chi connectivity index (χ0) is 21.6. The molecule has 0 saturated carbocycles. The van der Waals surface area contributed by atoms with Crippen molar-refractivity contribution in [2.45, 2.75) is 13.8 Å². The maximum Gasteiger partial charge on any atom is 0.322 e. The van der Waals surface area contributed by atoms with Gasteiger partial charge in [-0.3, -0.25) is 4.79 Å². The van der Waals surface area contributed by atoms with E-state index in [1.807, 2.05) is 56.3 Å². The van der Waals surface area contributed by atoms with Crippen molar-refractivity contribution in [3.05, 3.63) is 102 Å². The molecule has 31 heavy (non-hydrogen) atoms. The fourth-order valence-corrected chi connectivity index (χ4v) is 3.01. The third-order valence-corrected chi connectivity index (χ3v) is 4.34. The van der Waals surface area contributed by atoms with E-state index in [9.17, 15) is 4.79 Å². The highest BCUT2D eigenvalue weighted by Gasteiger charge is 2.10. The minimum atomic E-state index is -0.252. The first-order chi connectivity index (χ1) is 15.0. The number of ether oxygens (including phenoxy) is 2. The third kappa shape index (κ3) is 5.45. The Labute approximate surface area is 180 Å². The van der Waals surface area contributed by atoms with E-state index in [2.05, 4.69) is 15.3 Å². The third-order valence-electron chi connectivity index (χ3n) is 4.34. The summed E-state index contributed by atoms with van der Waals surface area (Å²) >= 11 is 0. The van der Waals surface area contributed by atoms with Crippen LogP contribution in [0, 0.1) is 13.8 Å². The molecule has 0 bridgehead atoms. The van der Waals surface area contributed by atoms with Gasteiger partial charge in [0.2, 0.25) is 0 Å². The summed E-state index contributed by atoms with van der Waals surface area (Å²) in [4.78, 5) is 21.3. The lowest BCUT2D eigenvalue weighted by atomic mass is 10.2. The number of carbonyl (C=O) groups excluding carboxylic acids is 1. The number of para-hydroxylation sites is 1. The number of nitrogens with one attached hydrogen (secondary N) is 1. The van der Waals surface area contributed by atoms with Crippen molar-refractivity contribution >= 4 is 11.6 Å². The SMILES string of the molecule is Cc1cc(C)nc(Oc2cccc(NC(=O)c3cccc(Oc4ccccc4)c3)c2)n1. The van der Waals surface area contributed by atoms with Gasteiger partial charge < -0.3 is 14.8 Å². The first-order valence-corrected chi connectivity index (χ1v) is 9.80. The molecule has 0 aliphatic heterocycles. The van der Waals surface area contributed by atoms with Crippen LogP contribution in [0.4, 0.5) is 5.69 Å². The van der Waals surface area contributed by atoms with E-state index in [4.69, 9.17) is 9.47 Å². The maximum atomic E-state index is 12.7. The first kappa shape index (κ1) is 20.1. The molecule has 1 amide bonds. The molecule has 1 aromatic heterocycles. The number of benzene rings is 3. The number of aryl methyl sites for hydroxylation is 2. The van der Waals surface area contributed by atoms with Gasteiger partial charge in [0.05, 0.1) is 0 Å². The van der Waals surface area contributed by atoms with Gasteiger partial charge in [-0.2, -0.15) is 0 Å². The minimum absolute atomic E-state index is 0.252. The zero-order valence-corrected chi connectivity index (χ0v) is 17.2. The van der Waals surface area contributed by atoms with Crippen LogP contribution >= 0.6 is 0 Å². The molecule has 3 aromatic carbocycles. The number of rotatable bonds is 6. The summed E-state index contributed by atoms with van der Waals surface area (Å²) < 4.78 is 11.6. The molecule has 4 rings (SSSR count). The Morgan fingerprint density at radius 2 is 1.35 bits per heavy atom. The summed E-state index contributed by atoms with van der Waals surface area (Å²) in [5, 5.41) is 2.88. The van der Waals surface area contributed by atoms with Gasteiger partial charge in [-0.05, 0) is 62.4 Å². The standard InChI is InChI=1S/C25H21N3O3/c1-17-14-18(2)27-25(26-17)31-23-13-7-9-20(16-23)28-24(29)19-8-6-12-22(15-19)30-21-10-4-3-5-11-21/h3-16H,1-2H3,(H,28,29). The first-order valence-electron chi connectivity index (χ1n) is 9.80. The van der Waals surface area contributed by atoms with Crippen molar-refractivity contribution in [3.63, 3.8) is 0 Å². The zero-order valence-electron chi connectivity index (χ0n) is 17.2. The van der Waals surface area contributed by atoms with Crippen molar-refractivity contribution in [2.24, 2.45) is 0 Å². The quantitative estimate of drug-likeness (QED) is 0.426. The van der Waals surface area contributed by atoms with Crippen LogP contribution in [0.15, 0.2) is 84.9 Å². The van der Waals surface area contributed by atoms with Crippen LogP contribution < -0.4 is 14.8 Å². The van der Waals surface area contributed by atoms with Gasteiger partial charge in [0, 0.05) is 28.7 Å². The molecule has 154 valence electrons. The van der Waals surface area contributed by atoms with E-state index < -0.39 is 0 Å². The van der Waals surface area contributed by atoms with Crippen molar-refractivity contribution < 1.29 is 14.3 Å². The minimum Gasteiger partial charge on any atom is -0.457 e. The number of hydrogen-bond donors (Lipinski definition) is 1. The Morgan fingerprint density at radius 1 is 0.710 bits per heavy atom. The molecular weight excluding hydrogens is 390 g/mol. The predicted molar refractivity (Wildman–Crippen MR) is 119 cm³/mol. The number of anilines is 1. The molecule has 0 unspecified atom stereocenters. The summed E-state index contributed by atoms with van der Waals surface area (Å²) in [6.45, 7) is 3.77. The molecule has 0 radical (unpaired) electrons. The molecule has 6 nitrogen and oxygen atoms in total. The average Bonchev–Trinajstić information content (AvgIpc) is 2.74. The molecule has 0 spiro atoms. The van der Waals surface area contributed by atoms with Gasteiger partial charge in [0.1, 0.15) is 17.2 Å². The fourth-order valence-electron chi connectivity index (χ4n) is 3.01. The molecular formula is C25H21N3O3. The van der Waals surface area contributed by atoms with E-state index in [1.165, 1.54) is 0 Å². The Balaban J connectivity index is 1.46. The van der Waals surface area contributed by atoms with Crippen LogP contribution in [0.2, 0.25) is 0 Å². The van der Waals surface area contributed by atoms with Crippen LogP contribution in [0.1, 0.15) is 21.7 Å². The number of nitrogens with zero attached hydrogens (tertiary/aromatic N) is 2. The van der Waals surface area contributed by atoms with E-state index in [0.29, 0.717) is 28.5 Å². The number of hydrogen-bond acceptors (Lipinski definition) is 5. The van der Waals surface area contributed by atoms with Crippen molar-refractivity contribution in [2.75, 3.05) is 5.32 Å². The summed E-state index contributed by atoms with van der Waals surface area (Å²) in [5.41, 5.74) is 2.73. The molecule has 0 atom stereocenters. The smallest absolute Gasteiger partial charge is 0.322 e. The number of amides is 1. The summed E-state index contributed by atoms with van der Waals surface area (Å²) in [5.74, 6) is 1.57. The number of carbonyl (C=O) groups is 1. The molecule has 1 heterocycles. The average molecular weight is 411 g/mol. The lowest BCUT2D eigenvalue weighted by Gasteiger charge is -2.10. The van der Waals surface area contributed by atoms with Gasteiger partial charge in [-0.1, -0.05) is 30.3 Å². The van der Waals surface area contributed by atoms with Gasteiger partial charge in [-0.15, -0.1) is 0 Å². The van der Waals surface area contributed by atoms with E-state index in [1.54, 1.807) is 42.5 Å². The lowest BCUT2D eigenvalue weighted by molar-refractivity contribution is 0.102. The van der Waals surface area contributed by atoms with Crippen LogP contribution in [-0.4, -0.2) is 15.9 Å². The molecule has 0 fully saturated rings. The monoisotopic (exact) mass is 411 g/mol. The van der Waals surface area contributed by atoms with E-state index in [-0.39, 0.29) is 11.9 Å². The molecule has 6 heteroatoms. The second-order valence-corrected chi connectivity index (χ2v) is 6.96. The Kier molecular flexibility index (Phi) is 5.89. The van der Waals surface area contributed by atoms with Gasteiger partial charge in [-0.25, -0.2) is 9.97 Å². The normalized spacial score (nSPS) is 10.4. The Morgan fingerprint density at radius 3 is 2.10 bits per heavy atom. The fraction of sp³-hybridized carbons (Fsp3) is 0.0800. The van der Waals surface area contributed by atoms with Crippen molar-refractivity contribution in [1.29, 1.82) is 0 Å². The number of aromatic nitrogens is 2. The Hall–Kier alpha value is -4.19. The van der Waals surface area contributed by atoms with Gasteiger partial charge in [0.25, 0.3) is 5.91 Å². The molecule has 0 saturated heterocycles. The topological polar surface area (TPSA) is 73.3 Å². The van der Waals surface area contributed by atoms with Crippen LogP contribution in [0.5, 0.6) is 23.3 Å². The lowest BCUT2D eigenvalue weighted by Crippen LogP contribution is -2.11. The van der Waals surface area contributed by atoms with E-state index in [0.717, 1.165) is 11.4 Å². The van der Waals surface area contributed by atoms with E-state index >= 15 is 0 Å². The summed E-state index contributed by atoms with van der Waals surface area (Å²) in [6.07, 6.45) is 0. The molecule has 4 aromatic rings. The predicted octanol–water partition coefficient (Wildman–Crippen LogP) is 5.93. The largest absolute Gasteiger partial charge is 0.457 e. The molecule has 0 aliphatic rings. The highest BCUT2D eigenvalue weighted by Crippen LogP contribution is 2.24. The Bertz CT molecular complexity index is 1190. The van der Waals surface area contributed by atoms with Gasteiger partial charge >= 0.3 is 6.01 Å². The van der Waals surface area contributed by atoms with Crippen LogP contribution in [0.3, 0.4) is 0 Å². The van der Waals surface area contributed by atoms with Crippen molar-refractivity contribution in [3.8, 4) is 23.3 Å². The highest BCUT2D eigenvalue weighted by atomic mass is 16.5. The molecule has 0 aliphatic carbocycles. The second kappa shape index (κ2) is 9.09. The van der Waals surface area contributed by atoms with Crippen molar-refractivity contribution in [1.82, 2.24) is 9.97 Å². The van der Waals surface area contributed by atoms with Gasteiger partial charge in [0.15, 0.2) is 0 Å². The highest BCUT2D eigenvalue weighted by molar-refractivity contribution is 6.04. The molecule has 1 N–H and O–H groups in total. The van der Waals surface area contributed by atoms with Crippen LogP contribution in [-0.2, 0) is 0 Å². The van der Waals surface area contributed by atoms with Crippen LogP contribution in [0.25, 0.3) is 0 Å². The second-order valence-electron chi connectivity index (χ2n) is 6.96. The summed E-state index contributed by atoms with van der Waals surface area (Å²) in [6, 6.07) is 25.7.